The summed E-state index contributed by atoms with van der Waals surface area (Å²) >= 11 is 0. The lowest BCUT2D eigenvalue weighted by atomic mass is 10.4. The van der Waals surface area contributed by atoms with Crippen LogP contribution in [0.3, 0.4) is 0 Å². The van der Waals surface area contributed by atoms with E-state index in [4.69, 9.17) is 15.0 Å². The highest BCUT2D eigenvalue weighted by molar-refractivity contribution is 5.95. The fourth-order valence-electron chi connectivity index (χ4n) is 0.324. The van der Waals surface area contributed by atoms with E-state index in [0.717, 1.165) is 0 Å². The average molecular weight is 182 g/mol. The third-order valence-electron chi connectivity index (χ3n) is 0.702. The van der Waals surface area contributed by atoms with Crippen molar-refractivity contribution in [2.75, 3.05) is 6.54 Å². The molecule has 2 amide bonds. The third-order valence-corrected chi connectivity index (χ3v) is 0.702. The summed E-state index contributed by atoms with van der Waals surface area (Å²) in [5.74, 6) is 0. The predicted molar refractivity (Wildman–Crippen MR) is 42.6 cm³/mol. The summed E-state index contributed by atoms with van der Waals surface area (Å²) < 4.78 is 0. The number of aliphatic hydroxyl groups is 2. The maximum atomic E-state index is 9.93. The van der Waals surface area contributed by atoms with Crippen LogP contribution in [0.4, 0.5) is 4.79 Å². The second-order valence-electron chi connectivity index (χ2n) is 1.56. The molecular formula is C4H14N2O4Si. The first-order chi connectivity index (χ1) is 5.13. The lowest BCUT2D eigenvalue weighted by molar-refractivity contribution is -0.0438. The summed E-state index contributed by atoms with van der Waals surface area (Å²) in [5.41, 5.74) is 4.67. The zero-order chi connectivity index (χ0) is 9.28. The quantitative estimate of drug-likeness (QED) is 0.231. The molecule has 0 aromatic rings. The Bertz CT molecular complexity index is 100. The van der Waals surface area contributed by atoms with Crippen molar-refractivity contribution in [2.45, 2.75) is 12.7 Å². The van der Waals surface area contributed by atoms with Gasteiger partial charge in [-0.05, 0) is 0 Å². The predicted octanol–water partition coefficient (Wildman–Crippen LogP) is -3.39. The largest absolute Gasteiger partial charge is 0.442 e. The summed E-state index contributed by atoms with van der Waals surface area (Å²) in [5, 5.41) is 18.7. The lowest BCUT2D eigenvalue weighted by Crippen LogP contribution is -2.31. The van der Waals surface area contributed by atoms with E-state index in [0.29, 0.717) is 10.5 Å². The molecular weight excluding hydrogens is 168 g/mol. The molecule has 0 fully saturated rings. The minimum absolute atomic E-state index is 0.100. The zero-order valence-corrected chi connectivity index (χ0v) is 8.32. The minimum atomic E-state index is -1.38. The molecule has 6 N–H and O–H groups in total. The van der Waals surface area contributed by atoms with Crippen molar-refractivity contribution in [1.82, 2.24) is 5.32 Å². The van der Waals surface area contributed by atoms with E-state index < -0.39 is 12.3 Å². The number of nitrogens with two attached hydrogens (primary N) is 1. The van der Waals surface area contributed by atoms with Gasteiger partial charge < -0.3 is 26.1 Å². The number of hydrogen-bond donors (Lipinski definition) is 5. The monoisotopic (exact) mass is 182 g/mol. The Morgan fingerprint density at radius 1 is 1.55 bits per heavy atom. The number of amides is 2. The Morgan fingerprint density at radius 3 is 2.27 bits per heavy atom. The van der Waals surface area contributed by atoms with Gasteiger partial charge in [0.1, 0.15) is 10.5 Å². The molecule has 7 heteroatoms. The Kier molecular flexibility index (Phi) is 11.1. The number of nitrogens with one attached hydrogen (secondary N) is 1. The van der Waals surface area contributed by atoms with Gasteiger partial charge in [-0.25, -0.2) is 4.79 Å². The highest BCUT2D eigenvalue weighted by atomic mass is 28.2. The molecule has 0 spiro atoms. The number of carbonyl (C=O) groups is 1. The van der Waals surface area contributed by atoms with Gasteiger partial charge >= 0.3 is 6.03 Å². The first-order valence-electron chi connectivity index (χ1n) is 2.97. The Balaban J connectivity index is 0. The van der Waals surface area contributed by atoms with Crippen LogP contribution in [0.2, 0.25) is 0 Å². The highest BCUT2D eigenvalue weighted by Gasteiger charge is 1.96. The second kappa shape index (κ2) is 9.37. The van der Waals surface area contributed by atoms with Gasteiger partial charge in [0.2, 0.25) is 0 Å². The smallest absolute Gasteiger partial charge is 0.312 e. The minimum Gasteiger partial charge on any atom is -0.442 e. The highest BCUT2D eigenvalue weighted by Crippen LogP contribution is 1.80. The molecule has 11 heavy (non-hydrogen) atoms. The first-order valence-corrected chi connectivity index (χ1v) is 3.86. The van der Waals surface area contributed by atoms with Gasteiger partial charge in [-0.1, -0.05) is 0 Å². The van der Waals surface area contributed by atoms with Gasteiger partial charge in [-0.2, -0.15) is 0 Å². The maximum Gasteiger partial charge on any atom is 0.312 e. The molecule has 0 aliphatic heterocycles. The van der Waals surface area contributed by atoms with Crippen LogP contribution >= 0.6 is 0 Å². The van der Waals surface area contributed by atoms with E-state index in [2.05, 4.69) is 11.1 Å². The van der Waals surface area contributed by atoms with E-state index in [1.54, 1.807) is 0 Å². The third kappa shape index (κ3) is 17.6. The number of aliphatic hydroxyl groups excluding tert-OH is 1. The van der Waals surface area contributed by atoms with Crippen molar-refractivity contribution in [2.24, 2.45) is 5.73 Å². The van der Waals surface area contributed by atoms with Gasteiger partial charge in [-0.15, -0.1) is 0 Å². The number of primary amides is 1. The molecule has 0 aliphatic carbocycles. The average Bonchev–Trinajstić information content (AvgIpc) is 1.90. The van der Waals surface area contributed by atoms with Gasteiger partial charge in [0.25, 0.3) is 0 Å². The van der Waals surface area contributed by atoms with Crippen LogP contribution in [-0.2, 0) is 0 Å². The lowest BCUT2D eigenvalue weighted by Gasteiger charge is -2.01. The molecule has 0 atom stereocenters. The Morgan fingerprint density at radius 2 is 2.00 bits per heavy atom. The fraction of sp³-hybridized carbons (Fsp3) is 0.750. The van der Waals surface area contributed by atoms with Gasteiger partial charge in [0, 0.05) is 13.0 Å². The molecule has 0 aromatic heterocycles. The Labute approximate surface area is 67.6 Å². The van der Waals surface area contributed by atoms with Gasteiger partial charge in [0.15, 0.2) is 6.29 Å². The molecule has 0 unspecified atom stereocenters. The Hall–Kier alpha value is -0.633. The number of urea groups is 1. The maximum absolute atomic E-state index is 9.93. The molecule has 0 radical (unpaired) electrons. The summed E-state index contributed by atoms with van der Waals surface area (Å²) in [6.07, 6.45) is -1.28. The second-order valence-corrected chi connectivity index (χ2v) is 1.56. The molecule has 0 saturated carbocycles. The standard InChI is InChI=1S/C4H10N2O3.H4OSi/c5-4(9)6-2-1-3(7)8;1-2/h3,7-8H,1-2H2,(H3,5,6,9);1H,2H3. The zero-order valence-electron chi connectivity index (χ0n) is 6.32. The summed E-state index contributed by atoms with van der Waals surface area (Å²) in [6.45, 7) is 0.188. The fourth-order valence-corrected chi connectivity index (χ4v) is 0.324. The van der Waals surface area contributed by atoms with Crippen LogP contribution in [0.1, 0.15) is 6.42 Å². The van der Waals surface area contributed by atoms with Crippen LogP contribution in [0.25, 0.3) is 0 Å². The van der Waals surface area contributed by atoms with Gasteiger partial charge in [0.05, 0.1) is 0 Å². The number of rotatable bonds is 3. The van der Waals surface area contributed by atoms with Crippen LogP contribution < -0.4 is 11.1 Å². The SMILES string of the molecule is NC(=O)NCCC(O)O.O[SiH3]. The topological polar surface area (TPSA) is 116 Å². The normalized spacial score (nSPS) is 8.73. The van der Waals surface area contributed by atoms with Crippen LogP contribution in [-0.4, -0.2) is 44.4 Å². The molecule has 6 nitrogen and oxygen atoms in total. The molecule has 68 valence electrons. The van der Waals surface area contributed by atoms with E-state index in [9.17, 15) is 4.79 Å². The van der Waals surface area contributed by atoms with Crippen molar-refractivity contribution in [3.8, 4) is 0 Å². The summed E-state index contributed by atoms with van der Waals surface area (Å²) in [7, 11) is 0.306. The van der Waals surface area contributed by atoms with Crippen molar-refractivity contribution < 1.29 is 19.8 Å². The molecule has 0 heterocycles. The van der Waals surface area contributed by atoms with E-state index in [1.165, 1.54) is 0 Å². The number of hydrogen-bond acceptors (Lipinski definition) is 4. The first kappa shape index (κ1) is 13.0. The van der Waals surface area contributed by atoms with Crippen LogP contribution in [0, 0.1) is 0 Å². The van der Waals surface area contributed by atoms with Crippen molar-refractivity contribution in [3.05, 3.63) is 0 Å². The van der Waals surface area contributed by atoms with Gasteiger partial charge in [-0.3, -0.25) is 0 Å². The molecule has 0 saturated heterocycles. The molecule has 0 bridgehead atoms. The van der Waals surface area contributed by atoms with Crippen molar-refractivity contribution in [3.63, 3.8) is 0 Å². The van der Waals surface area contributed by atoms with Crippen LogP contribution in [0.5, 0.6) is 0 Å². The van der Waals surface area contributed by atoms with Crippen molar-refractivity contribution in [1.29, 1.82) is 0 Å². The number of carbonyl (C=O) groups excluding carboxylic acids is 1. The van der Waals surface area contributed by atoms with Crippen LogP contribution in [0.15, 0.2) is 0 Å². The van der Waals surface area contributed by atoms with Crippen molar-refractivity contribution >= 4 is 16.5 Å². The molecule has 0 aliphatic rings. The van der Waals surface area contributed by atoms with E-state index in [1.807, 2.05) is 0 Å². The summed E-state index contributed by atoms with van der Waals surface area (Å²) in [4.78, 5) is 17.1. The summed E-state index contributed by atoms with van der Waals surface area (Å²) in [6, 6.07) is -0.657. The molecule has 0 rings (SSSR count). The van der Waals surface area contributed by atoms with E-state index in [-0.39, 0.29) is 13.0 Å². The molecule has 0 aromatic carbocycles. The van der Waals surface area contributed by atoms with E-state index >= 15 is 0 Å².